The summed E-state index contributed by atoms with van der Waals surface area (Å²) in [6, 6.07) is 25.4. The van der Waals surface area contributed by atoms with Crippen molar-refractivity contribution in [1.29, 1.82) is 0 Å². The molecule has 3 aromatic rings. The van der Waals surface area contributed by atoms with Crippen molar-refractivity contribution in [1.82, 2.24) is 0 Å². The SMILES string of the molecule is O=C(Cc1ccccc1)OCC1(COC(=O)Nc2ccccc2)CSc2ccccc2C1=O. The largest absolute Gasteiger partial charge is 0.464 e. The van der Waals surface area contributed by atoms with Crippen molar-refractivity contribution >= 4 is 35.3 Å². The van der Waals surface area contributed by atoms with Crippen LogP contribution < -0.4 is 5.32 Å². The molecule has 0 aromatic heterocycles. The number of esters is 1. The molecular formula is C26H23NO5S. The molecule has 6 nitrogen and oxygen atoms in total. The highest BCUT2D eigenvalue weighted by molar-refractivity contribution is 7.99. The number of Topliss-reactive ketones (excluding diaryl/α,β-unsaturated/α-hetero) is 1. The smallest absolute Gasteiger partial charge is 0.411 e. The molecule has 3 aromatic carbocycles. The van der Waals surface area contributed by atoms with Gasteiger partial charge in [0.15, 0.2) is 5.78 Å². The fourth-order valence-electron chi connectivity index (χ4n) is 3.51. The first-order valence-electron chi connectivity index (χ1n) is 10.5. The first-order chi connectivity index (χ1) is 16.1. The molecular weight excluding hydrogens is 438 g/mol. The minimum atomic E-state index is -1.17. The lowest BCUT2D eigenvalue weighted by Crippen LogP contribution is -2.46. The molecule has 1 heterocycles. The molecule has 168 valence electrons. The van der Waals surface area contributed by atoms with Gasteiger partial charge >= 0.3 is 12.1 Å². The van der Waals surface area contributed by atoms with Crippen molar-refractivity contribution in [2.45, 2.75) is 11.3 Å². The van der Waals surface area contributed by atoms with Crippen LogP contribution in [0, 0.1) is 5.41 Å². The van der Waals surface area contributed by atoms with Gasteiger partial charge in [0.25, 0.3) is 0 Å². The van der Waals surface area contributed by atoms with E-state index in [-0.39, 0.29) is 25.4 Å². The number of ether oxygens (including phenoxy) is 2. The number of para-hydroxylation sites is 1. The number of hydrogen-bond donors (Lipinski definition) is 1. The van der Waals surface area contributed by atoms with E-state index in [9.17, 15) is 14.4 Å². The van der Waals surface area contributed by atoms with E-state index in [4.69, 9.17) is 9.47 Å². The second kappa shape index (κ2) is 10.4. The van der Waals surface area contributed by atoms with Gasteiger partial charge in [0.2, 0.25) is 0 Å². The maximum absolute atomic E-state index is 13.5. The number of carbonyl (C=O) groups is 3. The zero-order valence-electron chi connectivity index (χ0n) is 17.9. The van der Waals surface area contributed by atoms with Crippen LogP contribution in [-0.2, 0) is 20.7 Å². The molecule has 1 aliphatic heterocycles. The average molecular weight is 462 g/mol. The number of amides is 1. The first-order valence-corrected chi connectivity index (χ1v) is 11.5. The highest BCUT2D eigenvalue weighted by Gasteiger charge is 2.45. The van der Waals surface area contributed by atoms with Crippen molar-refractivity contribution < 1.29 is 23.9 Å². The van der Waals surface area contributed by atoms with E-state index >= 15 is 0 Å². The van der Waals surface area contributed by atoms with E-state index < -0.39 is 17.5 Å². The third-order valence-electron chi connectivity index (χ3n) is 5.32. The fourth-order valence-corrected chi connectivity index (χ4v) is 4.74. The minimum Gasteiger partial charge on any atom is -0.464 e. The standard InChI is InChI=1S/C26H23NO5S/c28-23(15-19-9-3-1-4-10-19)31-16-26(17-32-25(30)27-20-11-5-2-6-12-20)18-33-22-14-8-7-13-21(22)24(26)29/h1-14H,15-18H2,(H,27,30). The van der Waals surface area contributed by atoms with E-state index in [1.165, 1.54) is 11.8 Å². The lowest BCUT2D eigenvalue weighted by atomic mass is 9.83. The molecule has 1 N–H and O–H groups in total. The molecule has 4 rings (SSSR count). The Morgan fingerprint density at radius 1 is 0.848 bits per heavy atom. The van der Waals surface area contributed by atoms with Crippen molar-refractivity contribution in [2.75, 3.05) is 24.3 Å². The van der Waals surface area contributed by atoms with Gasteiger partial charge in [0.1, 0.15) is 18.6 Å². The first kappa shape index (κ1) is 22.6. The van der Waals surface area contributed by atoms with Crippen molar-refractivity contribution in [3.8, 4) is 0 Å². The Morgan fingerprint density at radius 2 is 1.48 bits per heavy atom. The predicted molar refractivity (Wildman–Crippen MR) is 126 cm³/mol. The van der Waals surface area contributed by atoms with Gasteiger partial charge in [-0.3, -0.25) is 14.9 Å². The number of nitrogens with one attached hydrogen (secondary N) is 1. The molecule has 1 unspecified atom stereocenters. The molecule has 0 fully saturated rings. The summed E-state index contributed by atoms with van der Waals surface area (Å²) in [6.45, 7) is -0.373. The van der Waals surface area contributed by atoms with Crippen LogP contribution in [0.4, 0.5) is 10.5 Å². The van der Waals surface area contributed by atoms with Crippen molar-refractivity contribution in [3.05, 3.63) is 96.1 Å². The van der Waals surface area contributed by atoms with Crippen molar-refractivity contribution in [2.24, 2.45) is 5.41 Å². The summed E-state index contributed by atoms with van der Waals surface area (Å²) in [5.74, 6) is -0.303. The zero-order valence-corrected chi connectivity index (χ0v) is 18.7. The summed E-state index contributed by atoms with van der Waals surface area (Å²) in [7, 11) is 0. The molecule has 7 heteroatoms. The van der Waals surface area contributed by atoms with Gasteiger partial charge in [-0.25, -0.2) is 4.79 Å². The third-order valence-corrected chi connectivity index (χ3v) is 6.68. The molecule has 0 aliphatic carbocycles. The number of rotatable bonds is 7. The molecule has 33 heavy (non-hydrogen) atoms. The number of fused-ring (bicyclic) bond motifs is 1. The Bertz CT molecular complexity index is 1080. The Hall–Kier alpha value is -3.58. The molecule has 1 amide bonds. The summed E-state index contributed by atoms with van der Waals surface area (Å²) in [5.41, 5.74) is 0.782. The van der Waals surface area contributed by atoms with Gasteiger partial charge in [-0.1, -0.05) is 66.7 Å². The van der Waals surface area contributed by atoms with Crippen LogP contribution in [0.5, 0.6) is 0 Å². The number of benzene rings is 3. The summed E-state index contributed by atoms with van der Waals surface area (Å²) < 4.78 is 11.0. The predicted octanol–water partition coefficient (Wildman–Crippen LogP) is 5.00. The lowest BCUT2D eigenvalue weighted by molar-refractivity contribution is -0.145. The van der Waals surface area contributed by atoms with Gasteiger partial charge in [-0.05, 0) is 23.8 Å². The van der Waals surface area contributed by atoms with E-state index in [2.05, 4.69) is 5.32 Å². The third kappa shape index (κ3) is 5.62. The molecule has 0 saturated heterocycles. The van der Waals surface area contributed by atoms with E-state index in [0.29, 0.717) is 17.0 Å². The van der Waals surface area contributed by atoms with Crippen LogP contribution >= 0.6 is 11.8 Å². The second-order valence-electron chi connectivity index (χ2n) is 7.78. The maximum Gasteiger partial charge on any atom is 0.411 e. The fraction of sp³-hybridized carbons (Fsp3) is 0.192. The Kier molecular flexibility index (Phi) is 7.10. The summed E-state index contributed by atoms with van der Waals surface area (Å²) in [5, 5.41) is 2.64. The zero-order chi connectivity index (χ0) is 23.1. The molecule has 0 radical (unpaired) electrons. The number of ketones is 1. The topological polar surface area (TPSA) is 81.7 Å². The second-order valence-corrected chi connectivity index (χ2v) is 8.80. The van der Waals surface area contributed by atoms with Gasteiger partial charge < -0.3 is 9.47 Å². The van der Waals surface area contributed by atoms with E-state index in [0.717, 1.165) is 10.5 Å². The van der Waals surface area contributed by atoms with Crippen LogP contribution in [0.1, 0.15) is 15.9 Å². The molecule has 0 spiro atoms. The monoisotopic (exact) mass is 461 g/mol. The van der Waals surface area contributed by atoms with Crippen LogP contribution in [0.3, 0.4) is 0 Å². The van der Waals surface area contributed by atoms with Crippen LogP contribution in [0.15, 0.2) is 89.8 Å². The summed E-state index contributed by atoms with van der Waals surface area (Å²) in [4.78, 5) is 39.2. The van der Waals surface area contributed by atoms with Gasteiger partial charge in [-0.15, -0.1) is 11.8 Å². The van der Waals surface area contributed by atoms with Crippen molar-refractivity contribution in [3.63, 3.8) is 0 Å². The Labute approximate surface area is 196 Å². The van der Waals surface area contributed by atoms with Gasteiger partial charge in [0, 0.05) is 21.9 Å². The quantitative estimate of drug-likeness (QED) is 0.499. The van der Waals surface area contributed by atoms with Gasteiger partial charge in [-0.2, -0.15) is 0 Å². The number of hydrogen-bond acceptors (Lipinski definition) is 6. The Morgan fingerprint density at radius 3 is 2.24 bits per heavy atom. The van der Waals surface area contributed by atoms with Crippen LogP contribution in [-0.4, -0.2) is 36.8 Å². The normalized spacial score (nSPS) is 17.0. The number of thioether (sulfide) groups is 1. The molecule has 0 saturated carbocycles. The van der Waals surface area contributed by atoms with E-state index in [1.807, 2.05) is 48.5 Å². The highest BCUT2D eigenvalue weighted by atomic mass is 32.2. The highest BCUT2D eigenvalue weighted by Crippen LogP contribution is 2.40. The van der Waals surface area contributed by atoms with Crippen LogP contribution in [0.2, 0.25) is 0 Å². The molecule has 1 aliphatic rings. The summed E-state index contributed by atoms with van der Waals surface area (Å²) in [6.07, 6.45) is -0.572. The molecule has 1 atom stereocenters. The maximum atomic E-state index is 13.5. The number of anilines is 1. The average Bonchev–Trinajstić information content (AvgIpc) is 2.85. The van der Waals surface area contributed by atoms with Crippen LogP contribution in [0.25, 0.3) is 0 Å². The minimum absolute atomic E-state index is 0.101. The Balaban J connectivity index is 1.47. The summed E-state index contributed by atoms with van der Waals surface area (Å²) >= 11 is 1.49. The lowest BCUT2D eigenvalue weighted by Gasteiger charge is -2.34. The van der Waals surface area contributed by atoms with Gasteiger partial charge in [0.05, 0.1) is 6.42 Å². The van der Waals surface area contributed by atoms with E-state index in [1.54, 1.807) is 36.4 Å². The number of carbonyl (C=O) groups excluding carboxylic acids is 3. The molecule has 0 bridgehead atoms.